The van der Waals surface area contributed by atoms with E-state index >= 15 is 0 Å². The van der Waals surface area contributed by atoms with Crippen LogP contribution in [0.3, 0.4) is 0 Å². The van der Waals surface area contributed by atoms with Crippen molar-refractivity contribution in [3.63, 3.8) is 0 Å². The lowest BCUT2D eigenvalue weighted by Gasteiger charge is -2.11. The van der Waals surface area contributed by atoms with Crippen molar-refractivity contribution in [2.24, 2.45) is 0 Å². The minimum Gasteiger partial charge on any atom is -0.453 e. The Morgan fingerprint density at radius 1 is 1.37 bits per heavy atom. The highest BCUT2D eigenvalue weighted by Crippen LogP contribution is 2.30. The van der Waals surface area contributed by atoms with Gasteiger partial charge in [-0.3, -0.25) is 9.36 Å². The molecule has 0 aliphatic rings. The third-order valence-electron chi connectivity index (χ3n) is 3.99. The maximum absolute atomic E-state index is 12.4. The van der Waals surface area contributed by atoms with Gasteiger partial charge in [-0.15, -0.1) is 21.5 Å². The molecule has 4 aromatic rings. The van der Waals surface area contributed by atoms with E-state index < -0.39 is 0 Å². The van der Waals surface area contributed by atoms with Gasteiger partial charge in [-0.05, 0) is 26.0 Å². The van der Waals surface area contributed by atoms with E-state index in [1.165, 1.54) is 23.1 Å². The average molecular weight is 400 g/mol. The lowest BCUT2D eigenvalue weighted by atomic mass is 10.2. The standard InChI is InChI=1S/C18H17N5O2S2/c1-3-23-15(14-10-12-6-4-5-7-13(12)25-14)21-22-18(23)27-11(2)16(24)20-17-19-8-9-26-17/h4-11H,3H2,1-2H3,(H,19,20,24). The highest BCUT2D eigenvalue weighted by molar-refractivity contribution is 8.00. The predicted molar refractivity (Wildman–Crippen MR) is 107 cm³/mol. The molecule has 0 bridgehead atoms. The molecule has 0 aliphatic heterocycles. The second-order valence-corrected chi connectivity index (χ2v) is 7.99. The average Bonchev–Trinajstić information content (AvgIpc) is 3.40. The summed E-state index contributed by atoms with van der Waals surface area (Å²) in [5, 5.41) is 15.1. The Morgan fingerprint density at radius 3 is 2.96 bits per heavy atom. The van der Waals surface area contributed by atoms with Crippen molar-refractivity contribution >= 4 is 45.1 Å². The van der Waals surface area contributed by atoms with E-state index in [0.717, 1.165) is 11.0 Å². The van der Waals surface area contributed by atoms with Crippen LogP contribution in [-0.2, 0) is 11.3 Å². The molecule has 27 heavy (non-hydrogen) atoms. The van der Waals surface area contributed by atoms with Crippen LogP contribution in [0.4, 0.5) is 5.13 Å². The summed E-state index contributed by atoms with van der Waals surface area (Å²) in [6.45, 7) is 4.52. The zero-order valence-corrected chi connectivity index (χ0v) is 16.4. The smallest absolute Gasteiger partial charge is 0.239 e. The van der Waals surface area contributed by atoms with Gasteiger partial charge in [0.1, 0.15) is 5.58 Å². The van der Waals surface area contributed by atoms with Gasteiger partial charge in [0, 0.05) is 23.5 Å². The first kappa shape index (κ1) is 17.7. The van der Waals surface area contributed by atoms with Gasteiger partial charge < -0.3 is 9.73 Å². The van der Waals surface area contributed by atoms with Crippen LogP contribution in [0.1, 0.15) is 13.8 Å². The molecule has 4 rings (SSSR count). The Bertz CT molecular complexity index is 1040. The van der Waals surface area contributed by atoms with E-state index in [1.807, 2.05) is 54.1 Å². The second kappa shape index (κ2) is 7.53. The normalized spacial score (nSPS) is 12.4. The molecule has 9 heteroatoms. The van der Waals surface area contributed by atoms with Gasteiger partial charge in [0.05, 0.1) is 5.25 Å². The number of carbonyl (C=O) groups excluding carboxylic acids is 1. The summed E-state index contributed by atoms with van der Waals surface area (Å²) in [5.74, 6) is 1.20. The fourth-order valence-electron chi connectivity index (χ4n) is 2.64. The molecule has 3 heterocycles. The number of carbonyl (C=O) groups is 1. The van der Waals surface area contributed by atoms with Gasteiger partial charge in [0.25, 0.3) is 0 Å². The number of furan rings is 1. The van der Waals surface area contributed by atoms with Gasteiger partial charge in [0.15, 0.2) is 16.0 Å². The number of aromatic nitrogens is 4. The monoisotopic (exact) mass is 399 g/mol. The van der Waals surface area contributed by atoms with Gasteiger partial charge in [-0.2, -0.15) is 0 Å². The molecule has 0 saturated heterocycles. The summed E-state index contributed by atoms with van der Waals surface area (Å²) in [6, 6.07) is 9.78. The lowest BCUT2D eigenvalue weighted by Crippen LogP contribution is -2.22. The summed E-state index contributed by atoms with van der Waals surface area (Å²) >= 11 is 2.75. The fourth-order valence-corrected chi connectivity index (χ4v) is 4.08. The topological polar surface area (TPSA) is 85.8 Å². The van der Waals surface area contributed by atoms with Crippen molar-refractivity contribution in [2.45, 2.75) is 30.8 Å². The third kappa shape index (κ3) is 3.60. The first-order valence-electron chi connectivity index (χ1n) is 8.45. The number of nitrogens with one attached hydrogen (secondary N) is 1. The van der Waals surface area contributed by atoms with Crippen LogP contribution in [0.25, 0.3) is 22.6 Å². The predicted octanol–water partition coefficient (Wildman–Crippen LogP) is 4.29. The summed E-state index contributed by atoms with van der Waals surface area (Å²) in [5.41, 5.74) is 0.809. The maximum atomic E-state index is 12.4. The minimum atomic E-state index is -0.341. The van der Waals surface area contributed by atoms with Crippen molar-refractivity contribution in [3.8, 4) is 11.6 Å². The molecule has 1 N–H and O–H groups in total. The Morgan fingerprint density at radius 2 is 2.22 bits per heavy atom. The van der Waals surface area contributed by atoms with E-state index in [1.54, 1.807) is 6.20 Å². The highest BCUT2D eigenvalue weighted by atomic mass is 32.2. The Labute approximate surface area is 163 Å². The molecular formula is C18H17N5O2S2. The number of fused-ring (bicyclic) bond motifs is 1. The minimum absolute atomic E-state index is 0.120. The lowest BCUT2D eigenvalue weighted by molar-refractivity contribution is -0.115. The SMILES string of the molecule is CCn1c(SC(C)C(=O)Nc2nccs2)nnc1-c1cc2ccccc2o1. The van der Waals surface area contributed by atoms with Crippen LogP contribution in [-0.4, -0.2) is 30.9 Å². The van der Waals surface area contributed by atoms with Crippen LogP contribution in [0.2, 0.25) is 0 Å². The summed E-state index contributed by atoms with van der Waals surface area (Å²) < 4.78 is 7.87. The van der Waals surface area contributed by atoms with Crippen LogP contribution in [0.15, 0.2) is 51.5 Å². The first-order chi connectivity index (χ1) is 13.2. The van der Waals surface area contributed by atoms with Gasteiger partial charge >= 0.3 is 0 Å². The van der Waals surface area contributed by atoms with Crippen LogP contribution < -0.4 is 5.32 Å². The van der Waals surface area contributed by atoms with E-state index in [2.05, 4.69) is 20.5 Å². The molecule has 0 saturated carbocycles. The van der Waals surface area contributed by atoms with E-state index in [4.69, 9.17) is 4.42 Å². The molecule has 1 unspecified atom stereocenters. The Hall–Kier alpha value is -2.65. The van der Waals surface area contributed by atoms with E-state index in [0.29, 0.717) is 28.4 Å². The zero-order chi connectivity index (χ0) is 18.8. The molecular weight excluding hydrogens is 382 g/mol. The van der Waals surface area contributed by atoms with Crippen LogP contribution >= 0.6 is 23.1 Å². The van der Waals surface area contributed by atoms with E-state index in [9.17, 15) is 4.79 Å². The number of nitrogens with zero attached hydrogens (tertiary/aromatic N) is 4. The van der Waals surface area contributed by atoms with Gasteiger partial charge in [-0.1, -0.05) is 30.0 Å². The van der Waals surface area contributed by atoms with Crippen LogP contribution in [0, 0.1) is 0 Å². The number of benzene rings is 1. The number of thioether (sulfide) groups is 1. The van der Waals surface area contributed by atoms with Crippen LogP contribution in [0.5, 0.6) is 0 Å². The molecule has 0 aliphatic carbocycles. The number of amides is 1. The van der Waals surface area contributed by atoms with Crippen molar-refractivity contribution in [1.29, 1.82) is 0 Å². The zero-order valence-electron chi connectivity index (χ0n) is 14.7. The fraction of sp³-hybridized carbons (Fsp3) is 0.222. The number of para-hydroxylation sites is 1. The molecule has 1 amide bonds. The van der Waals surface area contributed by atoms with Crippen molar-refractivity contribution in [3.05, 3.63) is 41.9 Å². The largest absolute Gasteiger partial charge is 0.453 e. The number of hydrogen-bond acceptors (Lipinski definition) is 7. The molecule has 0 spiro atoms. The van der Waals surface area contributed by atoms with E-state index in [-0.39, 0.29) is 11.2 Å². The quantitative estimate of drug-likeness (QED) is 0.487. The maximum Gasteiger partial charge on any atom is 0.239 e. The molecule has 138 valence electrons. The molecule has 0 radical (unpaired) electrons. The third-order valence-corrected chi connectivity index (χ3v) is 5.76. The molecule has 1 atom stereocenters. The first-order valence-corrected chi connectivity index (χ1v) is 10.2. The molecule has 1 aromatic carbocycles. The van der Waals surface area contributed by atoms with Crippen molar-refractivity contribution < 1.29 is 9.21 Å². The number of hydrogen-bond donors (Lipinski definition) is 1. The van der Waals surface area contributed by atoms with Gasteiger partial charge in [-0.25, -0.2) is 4.98 Å². The summed E-state index contributed by atoms with van der Waals surface area (Å²) in [6.07, 6.45) is 1.66. The summed E-state index contributed by atoms with van der Waals surface area (Å²) in [4.78, 5) is 16.4. The van der Waals surface area contributed by atoms with Gasteiger partial charge in [0.2, 0.25) is 11.7 Å². The highest BCUT2D eigenvalue weighted by Gasteiger charge is 2.22. The number of thiazole rings is 1. The second-order valence-electron chi connectivity index (χ2n) is 5.79. The van der Waals surface area contributed by atoms with Crippen molar-refractivity contribution in [2.75, 3.05) is 5.32 Å². The number of anilines is 1. The summed E-state index contributed by atoms with van der Waals surface area (Å²) in [7, 11) is 0. The molecule has 7 nitrogen and oxygen atoms in total. The van der Waals surface area contributed by atoms with Crippen molar-refractivity contribution in [1.82, 2.24) is 19.7 Å². The number of rotatable bonds is 6. The Kier molecular flexibility index (Phi) is 4.95. The molecule has 0 fully saturated rings. The molecule has 3 aromatic heterocycles. The Balaban J connectivity index is 1.56.